The summed E-state index contributed by atoms with van der Waals surface area (Å²) < 4.78 is 5.69. The molecule has 1 heterocycles. The fourth-order valence-corrected chi connectivity index (χ4v) is 4.15. The maximum atomic E-state index is 10.3. The van der Waals surface area contributed by atoms with Gasteiger partial charge in [0.25, 0.3) is 0 Å². The molecule has 0 aromatic heterocycles. The Labute approximate surface area is 180 Å². The number of benzene rings is 1. The van der Waals surface area contributed by atoms with Gasteiger partial charge in [0.1, 0.15) is 18.5 Å². The number of likely N-dealkylation sites (tertiary alicyclic amines) is 1. The lowest BCUT2D eigenvalue weighted by Crippen LogP contribution is -2.41. The SMILES string of the molecule is CCNC(=NCC(O)COc1cccc(C)c1)N1CC2CCCCC2C1.I. The smallest absolute Gasteiger partial charge is 0.194 e. The van der Waals surface area contributed by atoms with Crippen LogP contribution >= 0.6 is 24.0 Å². The van der Waals surface area contributed by atoms with E-state index in [1.165, 1.54) is 25.7 Å². The van der Waals surface area contributed by atoms with E-state index in [0.29, 0.717) is 6.54 Å². The number of rotatable bonds is 6. The van der Waals surface area contributed by atoms with E-state index in [1.54, 1.807) is 0 Å². The van der Waals surface area contributed by atoms with Crippen molar-refractivity contribution >= 4 is 29.9 Å². The average Bonchev–Trinajstić information content (AvgIpc) is 3.07. The van der Waals surface area contributed by atoms with Gasteiger partial charge in [0.15, 0.2) is 5.96 Å². The van der Waals surface area contributed by atoms with Crippen LogP contribution in [-0.4, -0.2) is 54.9 Å². The predicted molar refractivity (Wildman–Crippen MR) is 121 cm³/mol. The Kier molecular flexibility index (Phi) is 9.15. The number of fused-ring (bicyclic) bond motifs is 1. The number of ether oxygens (including phenoxy) is 1. The van der Waals surface area contributed by atoms with Crippen molar-refractivity contribution in [2.75, 3.05) is 32.8 Å². The fourth-order valence-electron chi connectivity index (χ4n) is 4.15. The van der Waals surface area contributed by atoms with Crippen LogP contribution in [0.3, 0.4) is 0 Å². The zero-order chi connectivity index (χ0) is 18.4. The molecule has 0 bridgehead atoms. The monoisotopic (exact) mass is 487 g/mol. The Morgan fingerprint density at radius 2 is 2.00 bits per heavy atom. The molecule has 1 aliphatic heterocycles. The molecule has 2 fully saturated rings. The Morgan fingerprint density at radius 1 is 1.30 bits per heavy atom. The minimum absolute atomic E-state index is 0. The normalized spacial score (nSPS) is 23.4. The van der Waals surface area contributed by atoms with Crippen LogP contribution in [-0.2, 0) is 0 Å². The first-order chi connectivity index (χ1) is 12.7. The molecule has 3 unspecified atom stereocenters. The Hall–Kier alpha value is -1.02. The maximum Gasteiger partial charge on any atom is 0.194 e. The Balaban J connectivity index is 0.00000261. The van der Waals surface area contributed by atoms with E-state index in [0.717, 1.165) is 48.7 Å². The molecule has 1 aromatic carbocycles. The van der Waals surface area contributed by atoms with Gasteiger partial charge >= 0.3 is 0 Å². The molecule has 2 aliphatic rings. The second kappa shape index (κ2) is 11.1. The van der Waals surface area contributed by atoms with E-state index in [2.05, 4.69) is 22.1 Å². The van der Waals surface area contributed by atoms with Gasteiger partial charge in [-0.25, -0.2) is 0 Å². The molecular formula is C21H34IN3O2. The minimum atomic E-state index is -0.603. The molecule has 6 heteroatoms. The maximum absolute atomic E-state index is 10.3. The van der Waals surface area contributed by atoms with Gasteiger partial charge in [0.2, 0.25) is 0 Å². The number of aliphatic hydroxyl groups excluding tert-OH is 1. The Bertz CT molecular complexity index is 597. The van der Waals surface area contributed by atoms with E-state index < -0.39 is 6.10 Å². The van der Waals surface area contributed by atoms with Crippen LogP contribution in [0.4, 0.5) is 0 Å². The van der Waals surface area contributed by atoms with Gasteiger partial charge in [-0.05, 0) is 56.2 Å². The average molecular weight is 487 g/mol. The highest BCUT2D eigenvalue weighted by Gasteiger charge is 2.35. The zero-order valence-corrected chi connectivity index (χ0v) is 18.9. The number of guanidine groups is 1. The summed E-state index contributed by atoms with van der Waals surface area (Å²) in [5.41, 5.74) is 1.15. The highest BCUT2D eigenvalue weighted by molar-refractivity contribution is 14.0. The van der Waals surface area contributed by atoms with E-state index in [4.69, 9.17) is 4.74 Å². The highest BCUT2D eigenvalue weighted by atomic mass is 127. The van der Waals surface area contributed by atoms with E-state index in [9.17, 15) is 5.11 Å². The van der Waals surface area contributed by atoms with Crippen LogP contribution in [0.5, 0.6) is 5.75 Å². The number of aliphatic hydroxyl groups is 1. The van der Waals surface area contributed by atoms with Gasteiger partial charge in [-0.2, -0.15) is 0 Å². The van der Waals surface area contributed by atoms with E-state index in [1.807, 2.05) is 31.2 Å². The molecule has 152 valence electrons. The number of hydrogen-bond acceptors (Lipinski definition) is 3. The van der Waals surface area contributed by atoms with Crippen molar-refractivity contribution in [1.82, 2.24) is 10.2 Å². The molecule has 3 rings (SSSR count). The van der Waals surface area contributed by atoms with Crippen LogP contribution in [0, 0.1) is 18.8 Å². The first-order valence-electron chi connectivity index (χ1n) is 10.1. The van der Waals surface area contributed by atoms with E-state index >= 15 is 0 Å². The second-order valence-electron chi connectivity index (χ2n) is 7.69. The van der Waals surface area contributed by atoms with Crippen LogP contribution in [0.1, 0.15) is 38.2 Å². The summed E-state index contributed by atoms with van der Waals surface area (Å²) in [6, 6.07) is 7.89. The summed E-state index contributed by atoms with van der Waals surface area (Å²) in [7, 11) is 0. The number of nitrogens with zero attached hydrogens (tertiary/aromatic N) is 2. The molecular weight excluding hydrogens is 453 g/mol. The van der Waals surface area contributed by atoms with Gasteiger partial charge in [0, 0.05) is 19.6 Å². The standard InChI is InChI=1S/C21H33N3O2.HI/c1-3-22-21(24-13-17-8-4-5-9-18(17)14-24)23-12-19(25)15-26-20-10-6-7-16(2)11-20;/h6-7,10-11,17-19,25H,3-5,8-9,12-15H2,1-2H3,(H,22,23);1H. The van der Waals surface area contributed by atoms with Crippen LogP contribution in [0.25, 0.3) is 0 Å². The number of hydrogen-bond donors (Lipinski definition) is 2. The summed E-state index contributed by atoms with van der Waals surface area (Å²) in [5, 5.41) is 13.7. The predicted octanol–water partition coefficient (Wildman–Crippen LogP) is 3.44. The van der Waals surface area contributed by atoms with Gasteiger partial charge < -0.3 is 20.1 Å². The van der Waals surface area contributed by atoms with Crippen LogP contribution < -0.4 is 10.1 Å². The van der Waals surface area contributed by atoms with Crippen molar-refractivity contribution in [2.24, 2.45) is 16.8 Å². The summed E-state index contributed by atoms with van der Waals surface area (Å²) in [6.07, 6.45) is 4.85. The summed E-state index contributed by atoms with van der Waals surface area (Å²) in [6.45, 7) is 7.80. The minimum Gasteiger partial charge on any atom is -0.491 e. The molecule has 0 spiro atoms. The molecule has 1 saturated carbocycles. The largest absolute Gasteiger partial charge is 0.491 e. The number of aliphatic imine (C=N–C) groups is 1. The van der Waals surface area contributed by atoms with Crippen molar-refractivity contribution in [2.45, 2.75) is 45.6 Å². The van der Waals surface area contributed by atoms with Gasteiger partial charge in [-0.3, -0.25) is 4.99 Å². The fraction of sp³-hybridized carbons (Fsp3) is 0.667. The lowest BCUT2D eigenvalue weighted by atomic mass is 9.82. The topological polar surface area (TPSA) is 57.1 Å². The van der Waals surface area contributed by atoms with Crippen molar-refractivity contribution in [3.8, 4) is 5.75 Å². The molecule has 5 nitrogen and oxygen atoms in total. The van der Waals surface area contributed by atoms with Crippen molar-refractivity contribution in [3.63, 3.8) is 0 Å². The molecule has 27 heavy (non-hydrogen) atoms. The number of nitrogens with one attached hydrogen (secondary N) is 1. The summed E-state index contributed by atoms with van der Waals surface area (Å²) in [4.78, 5) is 7.07. The highest BCUT2D eigenvalue weighted by Crippen LogP contribution is 2.35. The first-order valence-corrected chi connectivity index (χ1v) is 10.1. The molecule has 3 atom stereocenters. The van der Waals surface area contributed by atoms with Gasteiger partial charge in [-0.15, -0.1) is 24.0 Å². The molecule has 2 N–H and O–H groups in total. The molecule has 1 aliphatic carbocycles. The third kappa shape index (κ3) is 6.52. The number of aryl methyl sites for hydroxylation is 1. The zero-order valence-electron chi connectivity index (χ0n) is 16.6. The van der Waals surface area contributed by atoms with Gasteiger partial charge in [-0.1, -0.05) is 25.0 Å². The van der Waals surface area contributed by atoms with Crippen LogP contribution in [0.15, 0.2) is 29.3 Å². The molecule has 1 aromatic rings. The van der Waals surface area contributed by atoms with Crippen molar-refractivity contribution < 1.29 is 9.84 Å². The molecule has 0 amide bonds. The summed E-state index contributed by atoms with van der Waals surface area (Å²) in [5.74, 6) is 3.38. The van der Waals surface area contributed by atoms with E-state index in [-0.39, 0.29) is 30.6 Å². The second-order valence-corrected chi connectivity index (χ2v) is 7.69. The van der Waals surface area contributed by atoms with Crippen molar-refractivity contribution in [3.05, 3.63) is 29.8 Å². The lowest BCUT2D eigenvalue weighted by molar-refractivity contribution is 0.114. The quantitative estimate of drug-likeness (QED) is 0.367. The van der Waals surface area contributed by atoms with Crippen molar-refractivity contribution in [1.29, 1.82) is 0 Å². The molecule has 1 saturated heterocycles. The Morgan fingerprint density at radius 3 is 2.63 bits per heavy atom. The van der Waals surface area contributed by atoms with Gasteiger partial charge in [0.05, 0.1) is 6.54 Å². The first kappa shape index (κ1) is 22.3. The lowest BCUT2D eigenvalue weighted by Gasteiger charge is -2.22. The molecule has 0 radical (unpaired) electrons. The van der Waals surface area contributed by atoms with Crippen LogP contribution in [0.2, 0.25) is 0 Å². The third-order valence-corrected chi connectivity index (χ3v) is 5.49. The number of halogens is 1. The summed E-state index contributed by atoms with van der Waals surface area (Å²) >= 11 is 0. The third-order valence-electron chi connectivity index (χ3n) is 5.49.